The number of esters is 2. The first-order valence-electron chi connectivity index (χ1n) is 6.58. The first-order valence-corrected chi connectivity index (χ1v) is 6.58. The van der Waals surface area contributed by atoms with Gasteiger partial charge < -0.3 is 28.4 Å². The van der Waals surface area contributed by atoms with Gasteiger partial charge in [0.1, 0.15) is 0 Å². The van der Waals surface area contributed by atoms with Gasteiger partial charge in [-0.25, -0.2) is 0 Å². The van der Waals surface area contributed by atoms with Crippen LogP contribution in [-0.2, 0) is 38.0 Å². The van der Waals surface area contributed by atoms with E-state index >= 15 is 0 Å². The molecule has 1 saturated heterocycles. The average Bonchev–Trinajstić information content (AvgIpc) is 2.44. The van der Waals surface area contributed by atoms with Crippen LogP contribution in [-0.4, -0.2) is 50.3 Å². The van der Waals surface area contributed by atoms with Crippen molar-refractivity contribution in [1.29, 1.82) is 0 Å². The second-order valence-corrected chi connectivity index (χ2v) is 4.21. The quantitative estimate of drug-likeness (QED) is 0.481. The van der Waals surface area contributed by atoms with Gasteiger partial charge >= 0.3 is 11.9 Å². The molecule has 0 saturated carbocycles. The van der Waals surface area contributed by atoms with Crippen molar-refractivity contribution in [3.05, 3.63) is 25.3 Å². The van der Waals surface area contributed by atoms with Gasteiger partial charge in [0.05, 0.1) is 13.2 Å². The molecule has 0 N–H and O–H groups in total. The van der Waals surface area contributed by atoms with Crippen LogP contribution in [0, 0.1) is 0 Å². The topological polar surface area (TPSA) is 89.5 Å². The van der Waals surface area contributed by atoms with Crippen LogP contribution in [0.3, 0.4) is 0 Å². The van der Waals surface area contributed by atoms with Crippen LogP contribution in [0.5, 0.6) is 0 Å². The molecular formula is C14H20O8. The van der Waals surface area contributed by atoms with E-state index in [0.29, 0.717) is 0 Å². The highest BCUT2D eigenvalue weighted by Crippen LogP contribution is 2.24. The van der Waals surface area contributed by atoms with Gasteiger partial charge in [-0.3, -0.25) is 9.59 Å². The summed E-state index contributed by atoms with van der Waals surface area (Å²) < 4.78 is 31.4. The maximum atomic E-state index is 11.1. The summed E-state index contributed by atoms with van der Waals surface area (Å²) in [6.45, 7) is 9.74. The van der Waals surface area contributed by atoms with Gasteiger partial charge in [-0.1, -0.05) is 12.2 Å². The second-order valence-electron chi connectivity index (χ2n) is 4.21. The Hall–Kier alpha value is -1.74. The standard InChI is InChI=1S/C14H20O8/c1-5-7-17-11-12(18-8-6-2)22-14(20-10(4)16)13(21-11)19-9(3)15/h5-6,11-14H,1-2,7-8H2,3-4H3/t11-,12-,13-,14-/m1/s1. The van der Waals surface area contributed by atoms with Crippen molar-refractivity contribution in [3.8, 4) is 0 Å². The number of carbonyl (C=O) groups is 2. The molecule has 124 valence electrons. The summed E-state index contributed by atoms with van der Waals surface area (Å²) in [4.78, 5) is 22.2. The zero-order valence-electron chi connectivity index (χ0n) is 12.6. The molecule has 0 aromatic carbocycles. The highest BCUT2D eigenvalue weighted by Gasteiger charge is 2.44. The molecular weight excluding hydrogens is 296 g/mol. The summed E-state index contributed by atoms with van der Waals surface area (Å²) in [6, 6.07) is 0. The van der Waals surface area contributed by atoms with Crippen LogP contribution in [0.15, 0.2) is 25.3 Å². The molecule has 0 bridgehead atoms. The van der Waals surface area contributed by atoms with E-state index in [-0.39, 0.29) is 13.2 Å². The highest BCUT2D eigenvalue weighted by molar-refractivity contribution is 5.67. The first-order chi connectivity index (χ1) is 10.5. The number of carbonyl (C=O) groups excluding carboxylic acids is 2. The van der Waals surface area contributed by atoms with Gasteiger partial charge in [-0.05, 0) is 0 Å². The minimum Gasteiger partial charge on any atom is -0.429 e. The normalized spacial score (nSPS) is 27.7. The molecule has 22 heavy (non-hydrogen) atoms. The van der Waals surface area contributed by atoms with E-state index < -0.39 is 37.1 Å². The van der Waals surface area contributed by atoms with Crippen LogP contribution in [0.25, 0.3) is 0 Å². The Balaban J connectivity index is 2.82. The largest absolute Gasteiger partial charge is 0.429 e. The molecule has 4 atom stereocenters. The summed E-state index contributed by atoms with van der Waals surface area (Å²) in [7, 11) is 0. The lowest BCUT2D eigenvalue weighted by atomic mass is 10.4. The van der Waals surface area contributed by atoms with E-state index in [4.69, 9.17) is 28.4 Å². The molecule has 0 spiro atoms. The van der Waals surface area contributed by atoms with Gasteiger partial charge in [-0.2, -0.15) is 0 Å². The Morgan fingerprint density at radius 3 is 1.50 bits per heavy atom. The second kappa shape index (κ2) is 9.31. The highest BCUT2D eigenvalue weighted by atomic mass is 16.9. The fraction of sp³-hybridized carbons (Fsp3) is 0.571. The van der Waals surface area contributed by atoms with Crippen molar-refractivity contribution in [2.24, 2.45) is 0 Å². The smallest absolute Gasteiger partial charge is 0.305 e. The summed E-state index contributed by atoms with van der Waals surface area (Å²) in [5.74, 6) is -1.25. The van der Waals surface area contributed by atoms with Crippen LogP contribution >= 0.6 is 0 Å². The minimum absolute atomic E-state index is 0.160. The molecule has 0 radical (unpaired) electrons. The molecule has 1 aliphatic rings. The minimum atomic E-state index is -1.26. The van der Waals surface area contributed by atoms with Crippen molar-refractivity contribution in [2.45, 2.75) is 39.0 Å². The van der Waals surface area contributed by atoms with E-state index in [9.17, 15) is 9.59 Å². The van der Waals surface area contributed by atoms with Crippen LogP contribution in [0.4, 0.5) is 0 Å². The monoisotopic (exact) mass is 316 g/mol. The molecule has 0 aliphatic carbocycles. The summed E-state index contributed by atoms with van der Waals surface area (Å²) >= 11 is 0. The molecule has 0 unspecified atom stereocenters. The van der Waals surface area contributed by atoms with Crippen LogP contribution < -0.4 is 0 Å². The van der Waals surface area contributed by atoms with Gasteiger partial charge in [0.15, 0.2) is 0 Å². The molecule has 1 fully saturated rings. The van der Waals surface area contributed by atoms with Crippen LogP contribution in [0.2, 0.25) is 0 Å². The SMILES string of the molecule is C=CCO[C@@H]1O[C@@H](OC(C)=O)[C@H](OC(C)=O)O[C@H]1OCC=C. The number of hydrogen-bond donors (Lipinski definition) is 0. The predicted octanol–water partition coefficient (Wildman–Crippen LogP) is 0.869. The molecule has 8 heteroatoms. The van der Waals surface area contributed by atoms with Crippen molar-refractivity contribution in [1.82, 2.24) is 0 Å². The lowest BCUT2D eigenvalue weighted by Crippen LogP contribution is -2.54. The maximum Gasteiger partial charge on any atom is 0.305 e. The van der Waals surface area contributed by atoms with Crippen molar-refractivity contribution >= 4 is 11.9 Å². The number of hydrogen-bond acceptors (Lipinski definition) is 8. The van der Waals surface area contributed by atoms with Crippen molar-refractivity contribution in [2.75, 3.05) is 13.2 Å². The zero-order valence-corrected chi connectivity index (χ0v) is 12.6. The van der Waals surface area contributed by atoms with E-state index in [2.05, 4.69) is 13.2 Å². The first kappa shape index (κ1) is 18.3. The Labute approximate surface area is 128 Å². The lowest BCUT2D eigenvalue weighted by molar-refractivity contribution is -0.422. The number of ether oxygens (including phenoxy) is 6. The third-order valence-corrected chi connectivity index (χ3v) is 2.30. The van der Waals surface area contributed by atoms with Gasteiger partial charge in [0.25, 0.3) is 12.6 Å². The predicted molar refractivity (Wildman–Crippen MR) is 73.2 cm³/mol. The van der Waals surface area contributed by atoms with Gasteiger partial charge in [0, 0.05) is 13.8 Å². The lowest BCUT2D eigenvalue weighted by Gasteiger charge is -2.38. The molecule has 0 aromatic heterocycles. The Morgan fingerprint density at radius 2 is 1.23 bits per heavy atom. The molecule has 0 amide bonds. The average molecular weight is 316 g/mol. The fourth-order valence-corrected chi connectivity index (χ4v) is 1.58. The Kier molecular flexibility index (Phi) is 7.75. The third kappa shape index (κ3) is 5.94. The fourth-order valence-electron chi connectivity index (χ4n) is 1.58. The van der Waals surface area contributed by atoms with Gasteiger partial charge in [-0.15, -0.1) is 13.2 Å². The van der Waals surface area contributed by atoms with E-state index in [0.717, 1.165) is 0 Å². The molecule has 1 aliphatic heterocycles. The molecule has 0 aromatic rings. The van der Waals surface area contributed by atoms with E-state index in [1.807, 2.05) is 0 Å². The summed E-state index contributed by atoms with van der Waals surface area (Å²) in [5.41, 5.74) is 0. The molecule has 8 nitrogen and oxygen atoms in total. The Bertz CT molecular complexity index is 370. The van der Waals surface area contributed by atoms with Crippen molar-refractivity contribution in [3.63, 3.8) is 0 Å². The molecule has 1 heterocycles. The Morgan fingerprint density at radius 1 is 0.864 bits per heavy atom. The van der Waals surface area contributed by atoms with E-state index in [1.54, 1.807) is 0 Å². The van der Waals surface area contributed by atoms with Gasteiger partial charge in [0.2, 0.25) is 12.6 Å². The molecule has 1 rings (SSSR count). The van der Waals surface area contributed by atoms with Crippen LogP contribution in [0.1, 0.15) is 13.8 Å². The summed E-state index contributed by atoms with van der Waals surface area (Å²) in [5, 5.41) is 0. The number of rotatable bonds is 8. The van der Waals surface area contributed by atoms with E-state index in [1.165, 1.54) is 26.0 Å². The summed E-state index contributed by atoms with van der Waals surface area (Å²) in [6.07, 6.45) is -1.50. The zero-order chi connectivity index (χ0) is 16.5. The van der Waals surface area contributed by atoms with Crippen molar-refractivity contribution < 1.29 is 38.0 Å². The third-order valence-electron chi connectivity index (χ3n) is 2.30. The maximum absolute atomic E-state index is 11.1.